The molecule has 1 aliphatic rings. The van der Waals surface area contributed by atoms with Crippen molar-refractivity contribution in [2.45, 2.75) is 33.3 Å². The quantitative estimate of drug-likeness (QED) is 0.835. The number of benzene rings is 1. The lowest BCUT2D eigenvalue weighted by atomic mass is 10.1. The van der Waals surface area contributed by atoms with Crippen molar-refractivity contribution in [3.63, 3.8) is 0 Å². The van der Waals surface area contributed by atoms with Crippen LogP contribution in [0.4, 0.5) is 0 Å². The maximum absolute atomic E-state index is 12.5. The predicted octanol–water partition coefficient (Wildman–Crippen LogP) is 2.09. The number of amides is 2. The molecule has 1 heterocycles. The number of carbonyl (C=O) groups excluding carboxylic acids is 2. The molecule has 2 atom stereocenters. The molecule has 1 aliphatic heterocycles. The Bertz CT molecular complexity index is 573. The van der Waals surface area contributed by atoms with Crippen LogP contribution < -0.4 is 4.74 Å². The van der Waals surface area contributed by atoms with Crippen LogP contribution in [0, 0.1) is 12.8 Å². The SMILES string of the molecule is CC(=O)N1CC[C@@H](CN(C)C(=O)[C@H](C)Oc2cccc(C)c2)C1. The molecular weight excluding hydrogens is 292 g/mol. The molecule has 0 unspecified atom stereocenters. The van der Waals surface area contributed by atoms with Crippen molar-refractivity contribution in [3.8, 4) is 5.75 Å². The van der Waals surface area contributed by atoms with Gasteiger partial charge in [0.15, 0.2) is 6.10 Å². The van der Waals surface area contributed by atoms with Gasteiger partial charge in [-0.25, -0.2) is 0 Å². The van der Waals surface area contributed by atoms with E-state index in [-0.39, 0.29) is 11.8 Å². The topological polar surface area (TPSA) is 49.9 Å². The zero-order valence-corrected chi connectivity index (χ0v) is 14.4. The standard InChI is InChI=1S/C18H26N2O3/c1-13-6-5-7-17(10-13)23-14(2)18(22)19(4)11-16-8-9-20(12-16)15(3)21/h5-7,10,14,16H,8-9,11-12H2,1-4H3/t14-,16-/m0/s1. The molecule has 0 bridgehead atoms. The molecule has 0 aliphatic carbocycles. The van der Waals surface area contributed by atoms with E-state index in [1.165, 1.54) is 0 Å². The number of likely N-dealkylation sites (tertiary alicyclic amines) is 1. The lowest BCUT2D eigenvalue weighted by molar-refractivity contribution is -0.137. The van der Waals surface area contributed by atoms with Gasteiger partial charge in [-0.1, -0.05) is 12.1 Å². The van der Waals surface area contributed by atoms with Gasteiger partial charge >= 0.3 is 0 Å². The molecule has 5 nitrogen and oxygen atoms in total. The fraction of sp³-hybridized carbons (Fsp3) is 0.556. The first-order chi connectivity index (χ1) is 10.9. The van der Waals surface area contributed by atoms with Gasteiger partial charge in [0.25, 0.3) is 5.91 Å². The van der Waals surface area contributed by atoms with Gasteiger partial charge in [-0.15, -0.1) is 0 Å². The molecule has 1 fully saturated rings. The summed E-state index contributed by atoms with van der Waals surface area (Å²) >= 11 is 0. The minimum Gasteiger partial charge on any atom is -0.481 e. The van der Waals surface area contributed by atoms with Crippen LogP contribution in [0.15, 0.2) is 24.3 Å². The summed E-state index contributed by atoms with van der Waals surface area (Å²) in [4.78, 5) is 27.4. The predicted molar refractivity (Wildman–Crippen MR) is 89.3 cm³/mol. The number of ether oxygens (including phenoxy) is 1. The van der Waals surface area contributed by atoms with E-state index < -0.39 is 6.10 Å². The van der Waals surface area contributed by atoms with Crippen molar-refractivity contribution in [2.75, 3.05) is 26.7 Å². The zero-order chi connectivity index (χ0) is 17.0. The fourth-order valence-electron chi connectivity index (χ4n) is 3.00. The summed E-state index contributed by atoms with van der Waals surface area (Å²) in [6.07, 6.45) is 0.428. The molecule has 23 heavy (non-hydrogen) atoms. The van der Waals surface area contributed by atoms with Crippen molar-refractivity contribution in [1.82, 2.24) is 9.80 Å². The van der Waals surface area contributed by atoms with E-state index in [4.69, 9.17) is 4.74 Å². The van der Waals surface area contributed by atoms with E-state index in [2.05, 4.69) is 0 Å². The molecule has 1 aromatic rings. The monoisotopic (exact) mass is 318 g/mol. The highest BCUT2D eigenvalue weighted by molar-refractivity contribution is 5.80. The number of carbonyl (C=O) groups is 2. The Hall–Kier alpha value is -2.04. The van der Waals surface area contributed by atoms with Gasteiger partial charge in [-0.05, 0) is 43.9 Å². The summed E-state index contributed by atoms with van der Waals surface area (Å²) < 4.78 is 5.75. The summed E-state index contributed by atoms with van der Waals surface area (Å²) in [7, 11) is 1.80. The van der Waals surface area contributed by atoms with Crippen molar-refractivity contribution >= 4 is 11.8 Å². The fourth-order valence-corrected chi connectivity index (χ4v) is 3.00. The minimum absolute atomic E-state index is 0.0345. The van der Waals surface area contributed by atoms with Crippen LogP contribution in [0.5, 0.6) is 5.75 Å². The van der Waals surface area contributed by atoms with Crippen LogP contribution in [0.2, 0.25) is 0 Å². The Kier molecular flexibility index (Phi) is 5.64. The zero-order valence-electron chi connectivity index (χ0n) is 14.4. The molecule has 126 valence electrons. The second-order valence-corrected chi connectivity index (χ2v) is 6.42. The Morgan fingerprint density at radius 3 is 2.78 bits per heavy atom. The van der Waals surface area contributed by atoms with E-state index in [9.17, 15) is 9.59 Å². The highest BCUT2D eigenvalue weighted by atomic mass is 16.5. The Balaban J connectivity index is 1.85. The molecule has 1 saturated heterocycles. The molecular formula is C18H26N2O3. The van der Waals surface area contributed by atoms with Crippen molar-refractivity contribution in [2.24, 2.45) is 5.92 Å². The van der Waals surface area contributed by atoms with Gasteiger partial charge in [0.05, 0.1) is 0 Å². The Morgan fingerprint density at radius 2 is 2.17 bits per heavy atom. The van der Waals surface area contributed by atoms with Crippen LogP contribution in [0.25, 0.3) is 0 Å². The number of aryl methyl sites for hydroxylation is 1. The van der Waals surface area contributed by atoms with Crippen LogP contribution in [-0.4, -0.2) is 54.4 Å². The number of rotatable bonds is 5. The van der Waals surface area contributed by atoms with E-state index >= 15 is 0 Å². The largest absolute Gasteiger partial charge is 0.481 e. The van der Waals surface area contributed by atoms with Crippen LogP contribution in [0.3, 0.4) is 0 Å². The van der Waals surface area contributed by atoms with Crippen molar-refractivity contribution in [3.05, 3.63) is 29.8 Å². The molecule has 2 amide bonds. The molecule has 0 aromatic heterocycles. The van der Waals surface area contributed by atoms with E-state index in [1.54, 1.807) is 25.8 Å². The maximum atomic E-state index is 12.5. The first-order valence-electron chi connectivity index (χ1n) is 8.10. The molecule has 0 N–H and O–H groups in total. The molecule has 2 rings (SSSR count). The Morgan fingerprint density at radius 1 is 1.43 bits per heavy atom. The van der Waals surface area contributed by atoms with E-state index in [0.717, 1.165) is 25.1 Å². The molecule has 0 spiro atoms. The third-order valence-corrected chi connectivity index (χ3v) is 4.29. The van der Waals surface area contributed by atoms with Gasteiger partial charge in [-0.2, -0.15) is 0 Å². The van der Waals surface area contributed by atoms with Gasteiger partial charge < -0.3 is 14.5 Å². The lowest BCUT2D eigenvalue weighted by Gasteiger charge is -2.25. The number of likely N-dealkylation sites (N-methyl/N-ethyl adjacent to an activating group) is 1. The van der Waals surface area contributed by atoms with Gasteiger partial charge in [-0.3, -0.25) is 9.59 Å². The smallest absolute Gasteiger partial charge is 0.263 e. The van der Waals surface area contributed by atoms with Crippen LogP contribution in [-0.2, 0) is 9.59 Å². The normalized spacial score (nSPS) is 18.6. The molecule has 5 heteroatoms. The van der Waals surface area contributed by atoms with E-state index in [0.29, 0.717) is 18.2 Å². The highest BCUT2D eigenvalue weighted by Gasteiger charge is 2.28. The van der Waals surface area contributed by atoms with Crippen molar-refractivity contribution < 1.29 is 14.3 Å². The summed E-state index contributed by atoms with van der Waals surface area (Å²) in [5.41, 5.74) is 1.10. The third-order valence-electron chi connectivity index (χ3n) is 4.29. The molecule has 0 saturated carbocycles. The summed E-state index contributed by atoms with van der Waals surface area (Å²) in [5.74, 6) is 1.13. The summed E-state index contributed by atoms with van der Waals surface area (Å²) in [5, 5.41) is 0. The third kappa shape index (κ3) is 4.71. The van der Waals surface area contributed by atoms with Crippen LogP contribution >= 0.6 is 0 Å². The average Bonchev–Trinajstić information content (AvgIpc) is 2.95. The van der Waals surface area contributed by atoms with Crippen molar-refractivity contribution in [1.29, 1.82) is 0 Å². The lowest BCUT2D eigenvalue weighted by Crippen LogP contribution is -2.41. The maximum Gasteiger partial charge on any atom is 0.263 e. The van der Waals surface area contributed by atoms with Gasteiger partial charge in [0, 0.05) is 33.6 Å². The van der Waals surface area contributed by atoms with Gasteiger partial charge in [0.2, 0.25) is 5.91 Å². The van der Waals surface area contributed by atoms with E-state index in [1.807, 2.05) is 36.1 Å². The summed E-state index contributed by atoms with van der Waals surface area (Å²) in [6, 6.07) is 7.69. The second-order valence-electron chi connectivity index (χ2n) is 6.42. The molecule has 1 aromatic carbocycles. The molecule has 0 radical (unpaired) electrons. The number of hydrogen-bond donors (Lipinski definition) is 0. The Labute approximate surface area is 138 Å². The summed E-state index contributed by atoms with van der Waals surface area (Å²) in [6.45, 7) is 7.54. The average molecular weight is 318 g/mol. The first-order valence-corrected chi connectivity index (χ1v) is 8.10. The minimum atomic E-state index is -0.521. The van der Waals surface area contributed by atoms with Crippen LogP contribution in [0.1, 0.15) is 25.8 Å². The highest BCUT2D eigenvalue weighted by Crippen LogP contribution is 2.18. The first kappa shape index (κ1) is 17.3. The van der Waals surface area contributed by atoms with Gasteiger partial charge in [0.1, 0.15) is 5.75 Å². The second kappa shape index (κ2) is 7.49. The number of hydrogen-bond acceptors (Lipinski definition) is 3. The number of nitrogens with zero attached hydrogens (tertiary/aromatic N) is 2.